The van der Waals surface area contributed by atoms with Crippen molar-refractivity contribution in [3.05, 3.63) is 17.7 Å². The summed E-state index contributed by atoms with van der Waals surface area (Å²) in [5, 5.41) is 6.05. The monoisotopic (exact) mass is 263 g/mol. The Morgan fingerprint density at radius 3 is 3.00 bits per heavy atom. The Kier molecular flexibility index (Phi) is 4.27. The standard InChI is InChI=1S/C14H21N3O2/c1-9(2)8-19-4-3-16-13-7-12-10(5-11(13)15)6-14(18)17-12/h5,7,9,16H,3-4,6,8,15H2,1-2H3,(H,17,18). The zero-order valence-electron chi connectivity index (χ0n) is 11.5. The highest BCUT2D eigenvalue weighted by Crippen LogP contribution is 2.31. The molecular formula is C14H21N3O2. The van der Waals surface area contributed by atoms with Crippen LogP contribution in [0.4, 0.5) is 17.1 Å². The van der Waals surface area contributed by atoms with E-state index in [9.17, 15) is 4.79 Å². The Hall–Kier alpha value is -1.75. The summed E-state index contributed by atoms with van der Waals surface area (Å²) in [6.07, 6.45) is 0.414. The second kappa shape index (κ2) is 5.93. The fourth-order valence-corrected chi connectivity index (χ4v) is 2.02. The van der Waals surface area contributed by atoms with Gasteiger partial charge in [-0.2, -0.15) is 0 Å². The van der Waals surface area contributed by atoms with Crippen molar-refractivity contribution in [3.8, 4) is 0 Å². The molecule has 19 heavy (non-hydrogen) atoms. The zero-order valence-corrected chi connectivity index (χ0v) is 11.5. The summed E-state index contributed by atoms with van der Waals surface area (Å²) in [6.45, 7) is 6.34. The molecule has 0 spiro atoms. The van der Waals surface area contributed by atoms with Crippen molar-refractivity contribution in [1.29, 1.82) is 0 Å². The maximum absolute atomic E-state index is 11.3. The smallest absolute Gasteiger partial charge is 0.228 e. The highest BCUT2D eigenvalue weighted by atomic mass is 16.5. The van der Waals surface area contributed by atoms with E-state index in [0.717, 1.165) is 23.5 Å². The number of carbonyl (C=O) groups excluding carboxylic acids is 1. The first kappa shape index (κ1) is 13.7. The lowest BCUT2D eigenvalue weighted by atomic mass is 10.1. The van der Waals surface area contributed by atoms with Gasteiger partial charge in [-0.25, -0.2) is 0 Å². The molecule has 1 aliphatic rings. The van der Waals surface area contributed by atoms with Crippen LogP contribution < -0.4 is 16.4 Å². The van der Waals surface area contributed by atoms with E-state index in [-0.39, 0.29) is 5.91 Å². The van der Waals surface area contributed by atoms with Crippen LogP contribution in [-0.4, -0.2) is 25.7 Å². The number of amides is 1. The van der Waals surface area contributed by atoms with E-state index in [1.807, 2.05) is 12.1 Å². The molecule has 1 heterocycles. The molecule has 4 N–H and O–H groups in total. The average Bonchev–Trinajstić information content (AvgIpc) is 2.67. The van der Waals surface area contributed by atoms with Crippen LogP contribution in [-0.2, 0) is 16.0 Å². The van der Waals surface area contributed by atoms with Crippen molar-refractivity contribution < 1.29 is 9.53 Å². The summed E-state index contributed by atoms with van der Waals surface area (Å²) < 4.78 is 5.49. The molecule has 0 aliphatic carbocycles. The van der Waals surface area contributed by atoms with Gasteiger partial charge in [0.15, 0.2) is 0 Å². The lowest BCUT2D eigenvalue weighted by molar-refractivity contribution is -0.115. The van der Waals surface area contributed by atoms with Crippen LogP contribution in [0.5, 0.6) is 0 Å². The molecule has 0 saturated heterocycles. The second-order valence-corrected chi connectivity index (χ2v) is 5.22. The van der Waals surface area contributed by atoms with Crippen LogP contribution >= 0.6 is 0 Å². The van der Waals surface area contributed by atoms with Crippen LogP contribution in [0.25, 0.3) is 0 Å². The number of hydrogen-bond acceptors (Lipinski definition) is 4. The molecule has 0 unspecified atom stereocenters. The van der Waals surface area contributed by atoms with Crippen LogP contribution in [0, 0.1) is 5.92 Å². The van der Waals surface area contributed by atoms with Crippen molar-refractivity contribution in [2.75, 3.05) is 36.1 Å². The third kappa shape index (κ3) is 3.61. The second-order valence-electron chi connectivity index (χ2n) is 5.22. The number of hydrogen-bond donors (Lipinski definition) is 3. The minimum absolute atomic E-state index is 0.0202. The lowest BCUT2D eigenvalue weighted by Crippen LogP contribution is -2.13. The van der Waals surface area contributed by atoms with Crippen LogP contribution in [0.15, 0.2) is 12.1 Å². The Morgan fingerprint density at radius 1 is 1.47 bits per heavy atom. The van der Waals surface area contributed by atoms with Gasteiger partial charge in [0.1, 0.15) is 0 Å². The maximum Gasteiger partial charge on any atom is 0.228 e. The van der Waals surface area contributed by atoms with E-state index in [1.165, 1.54) is 0 Å². The van der Waals surface area contributed by atoms with E-state index in [2.05, 4.69) is 24.5 Å². The minimum atomic E-state index is 0.0202. The van der Waals surface area contributed by atoms with Gasteiger partial charge < -0.3 is 21.1 Å². The largest absolute Gasteiger partial charge is 0.397 e. The topological polar surface area (TPSA) is 76.4 Å². The SMILES string of the molecule is CC(C)COCCNc1cc2c(cc1N)CC(=O)N2. The highest BCUT2D eigenvalue weighted by Gasteiger charge is 2.19. The number of benzene rings is 1. The van der Waals surface area contributed by atoms with Crippen LogP contribution in [0.3, 0.4) is 0 Å². The van der Waals surface area contributed by atoms with Crippen molar-refractivity contribution in [3.63, 3.8) is 0 Å². The molecule has 1 amide bonds. The predicted octanol–water partition coefficient (Wildman–Crippen LogP) is 1.85. The predicted molar refractivity (Wildman–Crippen MR) is 77.3 cm³/mol. The summed E-state index contributed by atoms with van der Waals surface area (Å²) in [6, 6.07) is 3.74. The van der Waals surface area contributed by atoms with E-state index in [0.29, 0.717) is 31.2 Å². The maximum atomic E-state index is 11.3. The van der Waals surface area contributed by atoms with Crippen molar-refractivity contribution in [2.24, 2.45) is 5.92 Å². The third-order valence-electron chi connectivity index (χ3n) is 2.91. The molecule has 5 heteroatoms. The molecule has 0 saturated carbocycles. The minimum Gasteiger partial charge on any atom is -0.397 e. The number of ether oxygens (including phenoxy) is 1. The van der Waals surface area contributed by atoms with Gasteiger partial charge in [0.2, 0.25) is 5.91 Å². The van der Waals surface area contributed by atoms with Gasteiger partial charge in [-0.05, 0) is 23.6 Å². The summed E-state index contributed by atoms with van der Waals surface area (Å²) in [5.74, 6) is 0.562. The molecule has 0 radical (unpaired) electrons. The molecule has 1 aromatic carbocycles. The Morgan fingerprint density at radius 2 is 2.26 bits per heavy atom. The quantitative estimate of drug-likeness (QED) is 0.541. The Bertz CT molecular complexity index is 472. The molecule has 0 atom stereocenters. The first-order chi connectivity index (χ1) is 9.06. The normalized spacial score (nSPS) is 13.5. The van der Waals surface area contributed by atoms with Gasteiger partial charge in [-0.3, -0.25) is 4.79 Å². The summed E-state index contributed by atoms with van der Waals surface area (Å²) in [7, 11) is 0. The zero-order chi connectivity index (χ0) is 13.8. The summed E-state index contributed by atoms with van der Waals surface area (Å²) in [5.41, 5.74) is 9.28. The highest BCUT2D eigenvalue weighted by molar-refractivity contribution is 6.00. The summed E-state index contributed by atoms with van der Waals surface area (Å²) >= 11 is 0. The van der Waals surface area contributed by atoms with Crippen molar-refractivity contribution in [2.45, 2.75) is 20.3 Å². The average molecular weight is 263 g/mol. The van der Waals surface area contributed by atoms with E-state index >= 15 is 0 Å². The van der Waals surface area contributed by atoms with Gasteiger partial charge in [-0.1, -0.05) is 13.8 Å². The molecule has 5 nitrogen and oxygen atoms in total. The Labute approximate surface area is 113 Å². The number of nitrogens with two attached hydrogens (primary N) is 1. The van der Waals surface area contributed by atoms with Crippen molar-refractivity contribution >= 4 is 23.0 Å². The van der Waals surface area contributed by atoms with Gasteiger partial charge in [0.05, 0.1) is 24.4 Å². The number of nitrogen functional groups attached to an aromatic ring is 1. The number of rotatable bonds is 6. The van der Waals surface area contributed by atoms with Gasteiger partial charge in [-0.15, -0.1) is 0 Å². The molecule has 0 bridgehead atoms. The molecule has 1 aliphatic heterocycles. The van der Waals surface area contributed by atoms with Gasteiger partial charge in [0, 0.05) is 18.8 Å². The first-order valence-electron chi connectivity index (χ1n) is 6.60. The molecule has 104 valence electrons. The van der Waals surface area contributed by atoms with Crippen LogP contribution in [0.1, 0.15) is 19.4 Å². The number of anilines is 3. The molecule has 2 rings (SSSR count). The van der Waals surface area contributed by atoms with E-state index in [1.54, 1.807) is 0 Å². The van der Waals surface area contributed by atoms with Gasteiger partial charge >= 0.3 is 0 Å². The summed E-state index contributed by atoms with van der Waals surface area (Å²) in [4.78, 5) is 11.3. The van der Waals surface area contributed by atoms with Crippen LogP contribution in [0.2, 0.25) is 0 Å². The number of carbonyl (C=O) groups is 1. The molecule has 1 aromatic rings. The van der Waals surface area contributed by atoms with E-state index in [4.69, 9.17) is 10.5 Å². The molecule has 0 aromatic heterocycles. The molecule has 0 fully saturated rings. The lowest BCUT2D eigenvalue weighted by Gasteiger charge is -2.12. The fourth-order valence-electron chi connectivity index (χ4n) is 2.02. The van der Waals surface area contributed by atoms with E-state index < -0.39 is 0 Å². The third-order valence-corrected chi connectivity index (χ3v) is 2.91. The number of fused-ring (bicyclic) bond motifs is 1. The van der Waals surface area contributed by atoms with Crippen molar-refractivity contribution in [1.82, 2.24) is 0 Å². The molecular weight excluding hydrogens is 242 g/mol. The fraction of sp³-hybridized carbons (Fsp3) is 0.500. The first-order valence-corrected chi connectivity index (χ1v) is 6.60. The Balaban J connectivity index is 1.87. The number of nitrogens with one attached hydrogen (secondary N) is 2. The van der Waals surface area contributed by atoms with Gasteiger partial charge in [0.25, 0.3) is 0 Å².